The number of fused-ring (bicyclic) bond motifs is 8. The quantitative estimate of drug-likeness (QED) is 0.298. The molecule has 0 amide bonds. The van der Waals surface area contributed by atoms with Crippen LogP contribution in [0, 0.1) is 13.8 Å². The second-order valence-electron chi connectivity index (χ2n) is 10.1. The third-order valence-corrected chi connectivity index (χ3v) is 8.21. The normalized spacial score (nSPS) is 13.1. The van der Waals surface area contributed by atoms with Gasteiger partial charge in [-0.25, -0.2) is 9.97 Å². The van der Waals surface area contributed by atoms with Gasteiger partial charge < -0.3 is 9.97 Å². The molecule has 0 atom stereocenters. The molecule has 8 bridgehead atoms. The van der Waals surface area contributed by atoms with Crippen molar-refractivity contribution in [3.63, 3.8) is 0 Å². The molecule has 2 aliphatic rings. The lowest BCUT2D eigenvalue weighted by molar-refractivity contribution is 1.14. The van der Waals surface area contributed by atoms with Gasteiger partial charge in [0.05, 0.1) is 22.8 Å². The molecule has 0 saturated heterocycles. The van der Waals surface area contributed by atoms with Crippen molar-refractivity contribution < 1.29 is 0 Å². The number of H-pyrrole nitrogens is 2. The first-order valence-electron chi connectivity index (χ1n) is 13.4. The van der Waals surface area contributed by atoms with Gasteiger partial charge in [-0.2, -0.15) is 0 Å². The van der Waals surface area contributed by atoms with E-state index in [1.54, 1.807) is 0 Å². The SMILES string of the molecule is Br.Br.CCC1=C(C)c2cc3[nH]c(cc4nc(cc5[nH]c(cc1n2)c(C)c5CC)C(C)=C4CC)c(C)c3CC. The van der Waals surface area contributed by atoms with E-state index in [0.717, 1.165) is 70.5 Å². The summed E-state index contributed by atoms with van der Waals surface area (Å²) >= 11 is 0. The van der Waals surface area contributed by atoms with E-state index >= 15 is 0 Å². The minimum Gasteiger partial charge on any atom is -0.355 e. The lowest BCUT2D eigenvalue weighted by Crippen LogP contribution is -1.83. The molecule has 0 radical (unpaired) electrons. The van der Waals surface area contributed by atoms with Crippen LogP contribution in [0.5, 0.6) is 0 Å². The zero-order chi connectivity index (χ0) is 25.7. The molecular weight excluding hydrogens is 600 g/mol. The van der Waals surface area contributed by atoms with E-state index in [2.05, 4.69) is 89.6 Å². The van der Waals surface area contributed by atoms with Gasteiger partial charge in [-0.1, -0.05) is 27.7 Å². The van der Waals surface area contributed by atoms with E-state index in [-0.39, 0.29) is 34.0 Å². The van der Waals surface area contributed by atoms with Gasteiger partial charge in [-0.15, -0.1) is 34.0 Å². The third kappa shape index (κ3) is 4.86. The molecule has 0 fully saturated rings. The molecule has 0 aliphatic carbocycles. The van der Waals surface area contributed by atoms with Crippen LogP contribution < -0.4 is 0 Å². The summed E-state index contributed by atoms with van der Waals surface area (Å²) in [6.45, 7) is 17.8. The van der Waals surface area contributed by atoms with Gasteiger partial charge in [0.1, 0.15) is 0 Å². The number of rotatable bonds is 4. The molecule has 3 aromatic heterocycles. The molecule has 4 nitrogen and oxygen atoms in total. The van der Waals surface area contributed by atoms with Crippen LogP contribution >= 0.6 is 34.0 Å². The van der Waals surface area contributed by atoms with Crippen molar-refractivity contribution in [3.8, 4) is 0 Å². The molecular formula is C32H40Br2N4. The Bertz CT molecular complexity index is 1490. The Morgan fingerprint density at radius 3 is 1.16 bits per heavy atom. The molecule has 0 spiro atoms. The van der Waals surface area contributed by atoms with E-state index in [9.17, 15) is 0 Å². The predicted molar refractivity (Wildman–Crippen MR) is 175 cm³/mol. The van der Waals surface area contributed by atoms with Crippen molar-refractivity contribution in [2.75, 3.05) is 0 Å². The van der Waals surface area contributed by atoms with Crippen molar-refractivity contribution in [1.29, 1.82) is 0 Å². The fourth-order valence-corrected chi connectivity index (χ4v) is 6.02. The average molecular weight is 641 g/mol. The maximum absolute atomic E-state index is 5.15. The van der Waals surface area contributed by atoms with E-state index in [1.807, 2.05) is 0 Å². The standard InChI is InChI=1S/C32H38N4.2BrH/c1-9-21-17(5)25-14-30-23(11-3)19(7)27(35-30)16-32-24(12-4)20(8)28(36-32)15-31-22(10-2)18(6)26(34-31)13-29(21)33-25;;/h13-16,33,36H,9-12H2,1-8H3;2*1H. The van der Waals surface area contributed by atoms with Gasteiger partial charge >= 0.3 is 0 Å². The first kappa shape index (κ1) is 30.1. The number of hydrogen-bond donors (Lipinski definition) is 2. The van der Waals surface area contributed by atoms with Crippen LogP contribution in [0.25, 0.3) is 44.4 Å². The molecule has 38 heavy (non-hydrogen) atoms. The van der Waals surface area contributed by atoms with E-state index in [1.165, 1.54) is 44.5 Å². The predicted octanol–water partition coefficient (Wildman–Crippen LogP) is 9.89. The summed E-state index contributed by atoms with van der Waals surface area (Å²) in [4.78, 5) is 17.7. The number of nitrogens with one attached hydrogen (secondary N) is 2. The van der Waals surface area contributed by atoms with Crippen LogP contribution in [0.2, 0.25) is 0 Å². The Labute approximate surface area is 247 Å². The van der Waals surface area contributed by atoms with Gasteiger partial charge in [-0.05, 0) is 122 Å². The average Bonchev–Trinajstić information content (AvgIpc) is 3.51. The third-order valence-electron chi connectivity index (χ3n) is 8.21. The number of halogens is 2. The Balaban J connectivity index is 0.00000200. The van der Waals surface area contributed by atoms with E-state index in [0.29, 0.717) is 0 Å². The molecule has 5 rings (SSSR count). The van der Waals surface area contributed by atoms with Crippen molar-refractivity contribution in [1.82, 2.24) is 19.9 Å². The van der Waals surface area contributed by atoms with Gasteiger partial charge in [-0.3, -0.25) is 0 Å². The molecule has 3 aromatic rings. The van der Waals surface area contributed by atoms with E-state index in [4.69, 9.17) is 9.97 Å². The second-order valence-corrected chi connectivity index (χ2v) is 10.1. The number of hydrogen-bond acceptors (Lipinski definition) is 2. The Hall–Kier alpha value is -2.44. The first-order valence-corrected chi connectivity index (χ1v) is 13.4. The number of aromatic amines is 2. The molecule has 0 unspecified atom stereocenters. The highest BCUT2D eigenvalue weighted by Crippen LogP contribution is 2.36. The highest BCUT2D eigenvalue weighted by atomic mass is 79.9. The Morgan fingerprint density at radius 1 is 0.500 bits per heavy atom. The highest BCUT2D eigenvalue weighted by Gasteiger charge is 2.19. The Morgan fingerprint density at radius 2 is 0.842 bits per heavy atom. The van der Waals surface area contributed by atoms with Crippen molar-refractivity contribution in [3.05, 3.63) is 69.3 Å². The summed E-state index contributed by atoms with van der Waals surface area (Å²) < 4.78 is 0. The molecule has 2 aliphatic heterocycles. The maximum Gasteiger partial charge on any atom is 0.0693 e. The molecule has 5 heterocycles. The topological polar surface area (TPSA) is 57.4 Å². The summed E-state index contributed by atoms with van der Waals surface area (Å²) in [6.07, 6.45) is 3.86. The van der Waals surface area contributed by atoms with Crippen molar-refractivity contribution in [2.24, 2.45) is 0 Å². The first-order chi connectivity index (χ1) is 17.3. The zero-order valence-electron chi connectivity index (χ0n) is 23.8. The number of nitrogens with zero attached hydrogens (tertiary/aromatic N) is 2. The van der Waals surface area contributed by atoms with Crippen LogP contribution in [0.4, 0.5) is 0 Å². The van der Waals surface area contributed by atoms with Gasteiger partial charge in [0, 0.05) is 22.1 Å². The lowest BCUT2D eigenvalue weighted by atomic mass is 10.0. The number of aromatic nitrogens is 4. The minimum atomic E-state index is 0. The smallest absolute Gasteiger partial charge is 0.0693 e. The largest absolute Gasteiger partial charge is 0.355 e. The summed E-state index contributed by atoms with van der Waals surface area (Å²) in [6, 6.07) is 8.98. The molecule has 2 N–H and O–H groups in total. The van der Waals surface area contributed by atoms with Crippen LogP contribution in [-0.4, -0.2) is 19.9 Å². The number of aryl methyl sites for hydroxylation is 4. The lowest BCUT2D eigenvalue weighted by Gasteiger charge is -2.00. The summed E-state index contributed by atoms with van der Waals surface area (Å²) in [5.41, 5.74) is 19.3. The molecule has 0 aromatic carbocycles. The van der Waals surface area contributed by atoms with E-state index < -0.39 is 0 Å². The van der Waals surface area contributed by atoms with Gasteiger partial charge in [0.15, 0.2) is 0 Å². The monoisotopic (exact) mass is 638 g/mol. The Kier molecular flexibility index (Phi) is 9.31. The second kappa shape index (κ2) is 11.7. The van der Waals surface area contributed by atoms with Crippen molar-refractivity contribution >= 4 is 78.3 Å². The van der Waals surface area contributed by atoms with Crippen LogP contribution in [0.15, 0.2) is 24.3 Å². The molecule has 6 heteroatoms. The van der Waals surface area contributed by atoms with Crippen LogP contribution in [0.3, 0.4) is 0 Å². The van der Waals surface area contributed by atoms with Crippen LogP contribution in [-0.2, 0) is 12.8 Å². The fourth-order valence-electron chi connectivity index (χ4n) is 6.02. The van der Waals surface area contributed by atoms with Crippen molar-refractivity contribution in [2.45, 2.75) is 81.1 Å². The zero-order valence-corrected chi connectivity index (χ0v) is 27.3. The van der Waals surface area contributed by atoms with Gasteiger partial charge in [0.25, 0.3) is 0 Å². The van der Waals surface area contributed by atoms with Gasteiger partial charge in [0.2, 0.25) is 0 Å². The minimum absolute atomic E-state index is 0. The summed E-state index contributed by atoms with van der Waals surface area (Å²) in [5, 5.41) is 0. The van der Waals surface area contributed by atoms with Crippen LogP contribution in [0.1, 0.15) is 99.4 Å². The maximum atomic E-state index is 5.15. The summed E-state index contributed by atoms with van der Waals surface area (Å²) in [7, 11) is 0. The summed E-state index contributed by atoms with van der Waals surface area (Å²) in [5.74, 6) is 0. The highest BCUT2D eigenvalue weighted by molar-refractivity contribution is 8.93. The number of allylic oxidation sites excluding steroid dienone is 4. The fraction of sp³-hybridized carbons (Fsp3) is 0.375. The molecule has 202 valence electrons. The molecule has 0 saturated carbocycles.